The molecule has 10 heteroatoms. The maximum absolute atomic E-state index is 13.5. The summed E-state index contributed by atoms with van der Waals surface area (Å²) in [6.45, 7) is 1.76. The molecule has 6 nitrogen and oxygen atoms in total. The molecule has 0 amide bonds. The molecule has 126 valence electrons. The van der Waals surface area contributed by atoms with Crippen LogP contribution in [0.15, 0.2) is 34.5 Å². The highest BCUT2D eigenvalue weighted by molar-refractivity contribution is 7.94. The second kappa shape index (κ2) is 6.10. The lowest BCUT2D eigenvalue weighted by molar-refractivity contribution is 0.598. The van der Waals surface area contributed by atoms with Crippen molar-refractivity contribution in [2.75, 3.05) is 22.3 Å². The van der Waals surface area contributed by atoms with Gasteiger partial charge in [0.2, 0.25) is 10.0 Å². The maximum Gasteiger partial charge on any atom is 0.271 e. The number of nitrogens with zero attached hydrogens (tertiary/aromatic N) is 1. The van der Waals surface area contributed by atoms with Gasteiger partial charge >= 0.3 is 0 Å². The van der Waals surface area contributed by atoms with Gasteiger partial charge in [-0.05, 0) is 31.2 Å². The lowest BCUT2D eigenvalue weighted by Gasteiger charge is -2.20. The summed E-state index contributed by atoms with van der Waals surface area (Å²) in [7, 11) is -6.30. The summed E-state index contributed by atoms with van der Waals surface area (Å²) in [5.74, 6) is -0.685. The highest BCUT2D eigenvalue weighted by Crippen LogP contribution is 2.31. The Kier molecular flexibility index (Phi) is 4.69. The number of hydrogen-bond donors (Lipinski definition) is 1. The quantitative estimate of drug-likeness (QED) is 0.866. The third-order valence-electron chi connectivity index (χ3n) is 3.02. The first-order chi connectivity index (χ1) is 10.5. The Labute approximate surface area is 138 Å². The molecule has 0 atom stereocenters. The van der Waals surface area contributed by atoms with Crippen molar-refractivity contribution in [3.8, 4) is 0 Å². The molecule has 0 spiro atoms. The molecule has 0 aliphatic rings. The molecule has 1 N–H and O–H groups in total. The third kappa shape index (κ3) is 4.01. The monoisotopic (exact) mass is 378 g/mol. The molecule has 0 saturated heterocycles. The van der Waals surface area contributed by atoms with E-state index in [4.69, 9.17) is 0 Å². The van der Waals surface area contributed by atoms with E-state index in [9.17, 15) is 21.2 Å². The Balaban J connectivity index is 2.49. The molecule has 0 bridgehead atoms. The van der Waals surface area contributed by atoms with Gasteiger partial charge in [0.15, 0.2) is 0 Å². The number of rotatable bonds is 5. The van der Waals surface area contributed by atoms with Crippen molar-refractivity contribution in [1.82, 2.24) is 0 Å². The molecule has 1 heterocycles. The van der Waals surface area contributed by atoms with E-state index in [1.165, 1.54) is 19.2 Å². The average molecular weight is 378 g/mol. The number of anilines is 2. The first-order valence-corrected chi connectivity index (χ1v) is 10.5. The van der Waals surface area contributed by atoms with Gasteiger partial charge in [-0.3, -0.25) is 9.03 Å². The van der Waals surface area contributed by atoms with E-state index in [1.807, 2.05) is 0 Å². The predicted octanol–water partition coefficient (Wildman–Crippen LogP) is 2.39. The van der Waals surface area contributed by atoms with Crippen LogP contribution in [0.2, 0.25) is 0 Å². The van der Waals surface area contributed by atoms with Crippen molar-refractivity contribution in [1.29, 1.82) is 0 Å². The maximum atomic E-state index is 13.5. The zero-order chi connectivity index (χ0) is 17.4. The molecule has 0 aliphatic heterocycles. The normalized spacial score (nSPS) is 12.2. The van der Waals surface area contributed by atoms with Gasteiger partial charge in [0.25, 0.3) is 10.0 Å². The summed E-state index contributed by atoms with van der Waals surface area (Å²) in [6, 6.07) is 6.28. The van der Waals surface area contributed by atoms with Crippen LogP contribution in [0.4, 0.5) is 15.8 Å². The highest BCUT2D eigenvalue weighted by Gasteiger charge is 2.22. The Hall–Kier alpha value is -1.65. The van der Waals surface area contributed by atoms with Crippen molar-refractivity contribution in [2.24, 2.45) is 0 Å². The zero-order valence-corrected chi connectivity index (χ0v) is 15.0. The van der Waals surface area contributed by atoms with Gasteiger partial charge in [-0.1, -0.05) is 0 Å². The van der Waals surface area contributed by atoms with Crippen LogP contribution in [0.5, 0.6) is 0 Å². The molecule has 0 aliphatic carbocycles. The Morgan fingerprint density at radius 3 is 2.30 bits per heavy atom. The zero-order valence-electron chi connectivity index (χ0n) is 12.6. The number of aryl methyl sites for hydroxylation is 1. The largest absolute Gasteiger partial charge is 0.277 e. The number of halogens is 1. The molecule has 0 fully saturated rings. The molecule has 2 aromatic rings. The minimum atomic E-state index is -3.93. The Bertz CT molecular complexity index is 936. The minimum Gasteiger partial charge on any atom is -0.277 e. The highest BCUT2D eigenvalue weighted by atomic mass is 32.2. The van der Waals surface area contributed by atoms with Crippen molar-refractivity contribution >= 4 is 42.8 Å². The van der Waals surface area contributed by atoms with Gasteiger partial charge in [0, 0.05) is 18.0 Å². The summed E-state index contributed by atoms with van der Waals surface area (Å²) in [4.78, 5) is 0.804. The molecule has 0 saturated carbocycles. The third-order valence-corrected chi connectivity index (χ3v) is 7.07. The molecule has 0 unspecified atom stereocenters. The first-order valence-electron chi connectivity index (χ1n) is 6.33. The predicted molar refractivity (Wildman–Crippen MR) is 89.5 cm³/mol. The van der Waals surface area contributed by atoms with Gasteiger partial charge in [-0.15, -0.1) is 11.3 Å². The fourth-order valence-corrected chi connectivity index (χ4v) is 4.66. The SMILES string of the molecule is Cc1ccc(S(=O)(=O)Nc2cc(F)ccc2N(C)S(C)(=O)=O)s1. The first kappa shape index (κ1) is 17.7. The van der Waals surface area contributed by atoms with Gasteiger partial charge in [0.05, 0.1) is 17.6 Å². The van der Waals surface area contributed by atoms with Crippen molar-refractivity contribution in [3.05, 3.63) is 41.0 Å². The number of hydrogen-bond acceptors (Lipinski definition) is 5. The Morgan fingerprint density at radius 1 is 1.13 bits per heavy atom. The van der Waals surface area contributed by atoms with E-state index < -0.39 is 25.9 Å². The number of nitrogens with one attached hydrogen (secondary N) is 1. The molecule has 23 heavy (non-hydrogen) atoms. The van der Waals surface area contributed by atoms with Crippen molar-refractivity contribution in [2.45, 2.75) is 11.1 Å². The molecule has 0 radical (unpaired) electrons. The summed E-state index contributed by atoms with van der Waals surface area (Å²) >= 11 is 1.06. The van der Waals surface area contributed by atoms with Crippen molar-refractivity contribution < 1.29 is 21.2 Å². The smallest absolute Gasteiger partial charge is 0.271 e. The van der Waals surface area contributed by atoms with Crippen LogP contribution in [0.25, 0.3) is 0 Å². The topological polar surface area (TPSA) is 83.6 Å². The van der Waals surface area contributed by atoms with Gasteiger partial charge in [-0.2, -0.15) is 0 Å². The van der Waals surface area contributed by atoms with Crippen LogP contribution in [-0.4, -0.2) is 30.1 Å². The van der Waals surface area contributed by atoms with E-state index in [1.54, 1.807) is 13.0 Å². The molecule has 1 aromatic heterocycles. The molecular weight excluding hydrogens is 363 g/mol. The van der Waals surface area contributed by atoms with Gasteiger partial charge in [0.1, 0.15) is 10.0 Å². The molecule has 1 aromatic carbocycles. The summed E-state index contributed by atoms with van der Waals surface area (Å²) in [6.07, 6.45) is 0.970. The van der Waals surface area contributed by atoms with E-state index >= 15 is 0 Å². The standard InChI is InChI=1S/C13H15FN2O4S3/c1-9-4-7-13(21-9)23(19,20)15-11-8-10(14)5-6-12(11)16(2)22(3,17)18/h4-8,15H,1-3H3. The van der Waals surface area contributed by atoms with E-state index in [2.05, 4.69) is 4.72 Å². The van der Waals surface area contributed by atoms with Crippen LogP contribution in [0.1, 0.15) is 4.88 Å². The number of benzene rings is 1. The van der Waals surface area contributed by atoms with Crippen LogP contribution in [0.3, 0.4) is 0 Å². The second-order valence-electron chi connectivity index (χ2n) is 4.86. The Morgan fingerprint density at radius 2 is 1.78 bits per heavy atom. The lowest BCUT2D eigenvalue weighted by Crippen LogP contribution is -2.26. The van der Waals surface area contributed by atoms with E-state index in [0.717, 1.165) is 38.9 Å². The van der Waals surface area contributed by atoms with Gasteiger partial charge < -0.3 is 0 Å². The van der Waals surface area contributed by atoms with Crippen LogP contribution >= 0.6 is 11.3 Å². The minimum absolute atomic E-state index is 0.0331. The molecular formula is C13H15FN2O4S3. The summed E-state index contributed by atoms with van der Waals surface area (Å²) in [5, 5.41) is 0. The summed E-state index contributed by atoms with van der Waals surface area (Å²) < 4.78 is 64.7. The van der Waals surface area contributed by atoms with Crippen LogP contribution in [0, 0.1) is 12.7 Å². The van der Waals surface area contributed by atoms with Crippen LogP contribution < -0.4 is 9.03 Å². The van der Waals surface area contributed by atoms with E-state index in [-0.39, 0.29) is 15.6 Å². The lowest BCUT2D eigenvalue weighted by atomic mass is 10.2. The molecule has 2 rings (SSSR count). The van der Waals surface area contributed by atoms with E-state index in [0.29, 0.717) is 0 Å². The average Bonchev–Trinajstić information content (AvgIpc) is 2.84. The van der Waals surface area contributed by atoms with Crippen LogP contribution in [-0.2, 0) is 20.0 Å². The fraction of sp³-hybridized carbons (Fsp3) is 0.231. The van der Waals surface area contributed by atoms with Crippen molar-refractivity contribution in [3.63, 3.8) is 0 Å². The number of sulfonamides is 2. The number of thiophene rings is 1. The van der Waals surface area contributed by atoms with Gasteiger partial charge in [-0.25, -0.2) is 21.2 Å². The summed E-state index contributed by atoms with van der Waals surface area (Å²) in [5.41, 5.74) is -0.116. The second-order valence-corrected chi connectivity index (χ2v) is 10.1. The fourth-order valence-electron chi connectivity index (χ4n) is 1.79.